The van der Waals surface area contributed by atoms with Gasteiger partial charge in [0.2, 0.25) is 0 Å². The zero-order valence-electron chi connectivity index (χ0n) is 9.83. The normalized spacial score (nSPS) is 23.3. The highest BCUT2D eigenvalue weighted by molar-refractivity contribution is 5.01. The number of nitrogens with zero attached hydrogens (tertiary/aromatic N) is 1. The van der Waals surface area contributed by atoms with Gasteiger partial charge >= 0.3 is 0 Å². The second-order valence-corrected chi connectivity index (χ2v) is 5.03. The molecule has 1 saturated carbocycles. The molecule has 2 N–H and O–H groups in total. The van der Waals surface area contributed by atoms with Crippen LogP contribution < -0.4 is 5.73 Å². The number of hydrogen-bond donors (Lipinski definition) is 1. The summed E-state index contributed by atoms with van der Waals surface area (Å²) in [5, 5.41) is 8.79. The molecule has 1 rings (SSSR count). The van der Waals surface area contributed by atoms with Crippen molar-refractivity contribution in [2.24, 2.45) is 11.7 Å². The first-order chi connectivity index (χ1) is 7.03. The summed E-state index contributed by atoms with van der Waals surface area (Å²) in [6, 6.07) is 2.10. The molecule has 15 heavy (non-hydrogen) atoms. The minimum Gasteiger partial charge on any atom is -0.378 e. The van der Waals surface area contributed by atoms with Gasteiger partial charge in [-0.1, -0.05) is 12.8 Å². The zero-order valence-corrected chi connectivity index (χ0v) is 9.83. The standard InChI is InChI=1S/C12H22N2O/c1-10(7-12(2,14)9-13)15-8-11-5-3-4-6-11/h10-11H,3-8,14H2,1-2H3. The summed E-state index contributed by atoms with van der Waals surface area (Å²) in [6.45, 7) is 4.59. The van der Waals surface area contributed by atoms with Crippen LogP contribution >= 0.6 is 0 Å². The van der Waals surface area contributed by atoms with Crippen molar-refractivity contribution < 1.29 is 4.74 Å². The maximum absolute atomic E-state index is 8.79. The number of rotatable bonds is 5. The maximum Gasteiger partial charge on any atom is 0.103 e. The first kappa shape index (κ1) is 12.5. The van der Waals surface area contributed by atoms with Crippen LogP contribution in [0.5, 0.6) is 0 Å². The fourth-order valence-electron chi connectivity index (χ4n) is 2.18. The third-order valence-electron chi connectivity index (χ3n) is 3.06. The molecule has 1 fully saturated rings. The van der Waals surface area contributed by atoms with E-state index >= 15 is 0 Å². The van der Waals surface area contributed by atoms with Crippen LogP contribution in [0.3, 0.4) is 0 Å². The number of ether oxygens (including phenoxy) is 1. The van der Waals surface area contributed by atoms with Crippen LogP contribution in [0.2, 0.25) is 0 Å². The van der Waals surface area contributed by atoms with Crippen molar-refractivity contribution in [1.82, 2.24) is 0 Å². The summed E-state index contributed by atoms with van der Waals surface area (Å²) >= 11 is 0. The molecule has 1 aliphatic rings. The van der Waals surface area contributed by atoms with E-state index in [1.165, 1.54) is 25.7 Å². The Labute approximate surface area is 92.6 Å². The molecular weight excluding hydrogens is 188 g/mol. The lowest BCUT2D eigenvalue weighted by Crippen LogP contribution is -2.38. The van der Waals surface area contributed by atoms with E-state index in [4.69, 9.17) is 15.7 Å². The molecule has 2 unspecified atom stereocenters. The summed E-state index contributed by atoms with van der Waals surface area (Å²) < 4.78 is 5.73. The third kappa shape index (κ3) is 4.63. The van der Waals surface area contributed by atoms with E-state index in [2.05, 4.69) is 6.07 Å². The van der Waals surface area contributed by atoms with Crippen LogP contribution in [0.1, 0.15) is 46.0 Å². The second-order valence-electron chi connectivity index (χ2n) is 5.03. The Balaban J connectivity index is 2.18. The molecule has 0 aromatic rings. The van der Waals surface area contributed by atoms with E-state index in [0.717, 1.165) is 12.5 Å². The van der Waals surface area contributed by atoms with Crippen LogP contribution in [0.15, 0.2) is 0 Å². The van der Waals surface area contributed by atoms with Crippen LogP contribution in [-0.4, -0.2) is 18.2 Å². The van der Waals surface area contributed by atoms with Gasteiger partial charge in [-0.25, -0.2) is 0 Å². The van der Waals surface area contributed by atoms with Crippen molar-refractivity contribution in [1.29, 1.82) is 5.26 Å². The molecule has 0 amide bonds. The van der Waals surface area contributed by atoms with Crippen LogP contribution in [-0.2, 0) is 4.74 Å². The molecule has 0 aliphatic heterocycles. The van der Waals surface area contributed by atoms with Crippen molar-refractivity contribution in [2.45, 2.75) is 57.6 Å². The van der Waals surface area contributed by atoms with Crippen LogP contribution in [0.4, 0.5) is 0 Å². The van der Waals surface area contributed by atoms with E-state index < -0.39 is 5.54 Å². The van der Waals surface area contributed by atoms with Crippen LogP contribution in [0.25, 0.3) is 0 Å². The maximum atomic E-state index is 8.79. The summed E-state index contributed by atoms with van der Waals surface area (Å²) in [5.74, 6) is 0.735. The van der Waals surface area contributed by atoms with Gasteiger partial charge in [0, 0.05) is 13.0 Å². The Hall–Kier alpha value is -0.590. The molecule has 0 aromatic carbocycles. The first-order valence-corrected chi connectivity index (χ1v) is 5.85. The molecule has 86 valence electrons. The molecular formula is C12H22N2O. The van der Waals surface area contributed by atoms with Crippen molar-refractivity contribution in [2.75, 3.05) is 6.61 Å². The highest BCUT2D eigenvalue weighted by Crippen LogP contribution is 2.25. The SMILES string of the molecule is CC(CC(C)(N)C#N)OCC1CCCC1. The summed E-state index contributed by atoms with van der Waals surface area (Å²) in [6.07, 6.45) is 5.97. The van der Waals surface area contributed by atoms with E-state index in [9.17, 15) is 0 Å². The van der Waals surface area contributed by atoms with Gasteiger partial charge in [0.05, 0.1) is 12.2 Å². The first-order valence-electron chi connectivity index (χ1n) is 5.85. The lowest BCUT2D eigenvalue weighted by atomic mass is 9.98. The van der Waals surface area contributed by atoms with Gasteiger partial charge in [-0.05, 0) is 32.6 Å². The Morgan fingerprint density at radius 3 is 2.67 bits per heavy atom. The van der Waals surface area contributed by atoms with Gasteiger partial charge in [-0.3, -0.25) is 0 Å². The molecule has 3 nitrogen and oxygen atoms in total. The van der Waals surface area contributed by atoms with E-state index in [1.807, 2.05) is 6.92 Å². The van der Waals surface area contributed by atoms with Gasteiger partial charge in [0.25, 0.3) is 0 Å². The molecule has 1 aliphatic carbocycles. The zero-order chi connectivity index (χ0) is 11.3. The minimum absolute atomic E-state index is 0.0836. The van der Waals surface area contributed by atoms with Crippen LogP contribution in [0, 0.1) is 17.2 Å². The van der Waals surface area contributed by atoms with Gasteiger partial charge in [0.15, 0.2) is 0 Å². The molecule has 0 radical (unpaired) electrons. The fourth-order valence-corrected chi connectivity index (χ4v) is 2.18. The van der Waals surface area contributed by atoms with E-state index in [1.54, 1.807) is 6.92 Å². The van der Waals surface area contributed by atoms with E-state index in [0.29, 0.717) is 6.42 Å². The Morgan fingerprint density at radius 1 is 1.53 bits per heavy atom. The summed E-state index contributed by atoms with van der Waals surface area (Å²) in [7, 11) is 0. The lowest BCUT2D eigenvalue weighted by Gasteiger charge is -2.22. The molecule has 2 atom stereocenters. The molecule has 0 bridgehead atoms. The largest absolute Gasteiger partial charge is 0.378 e. The van der Waals surface area contributed by atoms with E-state index in [-0.39, 0.29) is 6.10 Å². The predicted octanol–water partition coefficient (Wildman–Crippen LogP) is 2.21. The number of nitriles is 1. The smallest absolute Gasteiger partial charge is 0.103 e. The van der Waals surface area contributed by atoms with Crippen molar-refractivity contribution in [3.63, 3.8) is 0 Å². The van der Waals surface area contributed by atoms with Crippen molar-refractivity contribution in [3.8, 4) is 6.07 Å². The Bertz CT molecular complexity index is 226. The highest BCUT2D eigenvalue weighted by atomic mass is 16.5. The molecule has 0 saturated heterocycles. The molecule has 0 heterocycles. The van der Waals surface area contributed by atoms with Gasteiger partial charge in [-0.15, -0.1) is 0 Å². The third-order valence-corrected chi connectivity index (χ3v) is 3.06. The Kier molecular flexibility index (Phi) is 4.56. The molecule has 0 spiro atoms. The fraction of sp³-hybridized carbons (Fsp3) is 0.917. The van der Waals surface area contributed by atoms with Gasteiger partial charge < -0.3 is 10.5 Å². The quantitative estimate of drug-likeness (QED) is 0.757. The molecule has 0 aromatic heterocycles. The van der Waals surface area contributed by atoms with Crippen molar-refractivity contribution >= 4 is 0 Å². The summed E-state index contributed by atoms with van der Waals surface area (Å²) in [5.41, 5.74) is 5.00. The van der Waals surface area contributed by atoms with Crippen molar-refractivity contribution in [3.05, 3.63) is 0 Å². The average Bonchev–Trinajstić information content (AvgIpc) is 2.66. The monoisotopic (exact) mass is 210 g/mol. The highest BCUT2D eigenvalue weighted by Gasteiger charge is 2.22. The summed E-state index contributed by atoms with van der Waals surface area (Å²) in [4.78, 5) is 0. The lowest BCUT2D eigenvalue weighted by molar-refractivity contribution is 0.0293. The topological polar surface area (TPSA) is 59.0 Å². The predicted molar refractivity (Wildman–Crippen MR) is 60.2 cm³/mol. The Morgan fingerprint density at radius 2 is 2.13 bits per heavy atom. The minimum atomic E-state index is -0.755. The number of nitrogens with two attached hydrogens (primary N) is 1. The van der Waals surface area contributed by atoms with Gasteiger partial charge in [-0.2, -0.15) is 5.26 Å². The average molecular weight is 210 g/mol. The molecule has 3 heteroatoms. The number of hydrogen-bond acceptors (Lipinski definition) is 3. The second kappa shape index (κ2) is 5.48. The van der Waals surface area contributed by atoms with Gasteiger partial charge in [0.1, 0.15) is 5.54 Å².